The maximum Gasteiger partial charge on any atom is 0.198 e. The van der Waals surface area contributed by atoms with Gasteiger partial charge in [-0.3, -0.25) is 0 Å². The second kappa shape index (κ2) is 5.60. The first-order valence-electron chi connectivity index (χ1n) is 6.04. The van der Waals surface area contributed by atoms with Gasteiger partial charge in [-0.05, 0) is 49.2 Å². The normalized spacial score (nSPS) is 9.81. The molecule has 2 aromatic carbocycles. The molecule has 0 bridgehead atoms. The Morgan fingerprint density at radius 1 is 0.810 bits per heavy atom. The second-order valence-corrected chi connectivity index (χ2v) is 4.53. The largest absolute Gasteiger partial charge is 0.451 e. The van der Waals surface area contributed by atoms with E-state index in [0.717, 1.165) is 12.1 Å². The van der Waals surface area contributed by atoms with E-state index in [1.165, 1.54) is 0 Å². The van der Waals surface area contributed by atoms with Gasteiger partial charge in [0.05, 0.1) is 23.3 Å². The van der Waals surface area contributed by atoms with Crippen LogP contribution in [-0.4, -0.2) is 0 Å². The van der Waals surface area contributed by atoms with E-state index >= 15 is 0 Å². The molecule has 2 rings (SSSR count). The van der Waals surface area contributed by atoms with Gasteiger partial charge in [0.2, 0.25) is 0 Å². The third-order valence-electron chi connectivity index (χ3n) is 2.92. The minimum atomic E-state index is -0.949. The monoisotopic (exact) mass is 284 g/mol. The van der Waals surface area contributed by atoms with Gasteiger partial charge in [0.25, 0.3) is 0 Å². The summed E-state index contributed by atoms with van der Waals surface area (Å²) in [4.78, 5) is 0. The Balaban J connectivity index is 2.50. The van der Waals surface area contributed by atoms with Crippen molar-refractivity contribution in [1.82, 2.24) is 0 Å². The zero-order chi connectivity index (χ0) is 15.6. The third kappa shape index (κ3) is 2.82. The van der Waals surface area contributed by atoms with Gasteiger partial charge in [-0.1, -0.05) is 0 Å². The first kappa shape index (κ1) is 14.5. The highest BCUT2D eigenvalue weighted by Crippen LogP contribution is 2.33. The lowest BCUT2D eigenvalue weighted by atomic mass is 10.1. The number of aryl methyl sites for hydroxylation is 2. The van der Waals surface area contributed by atoms with E-state index in [4.69, 9.17) is 15.3 Å². The summed E-state index contributed by atoms with van der Waals surface area (Å²) < 4.78 is 33.0. The number of hydrogen-bond acceptors (Lipinski definition) is 3. The SMILES string of the molecule is Cc1cc(C#N)cc(C)c1Oc1c(F)cc(C#N)cc1F. The van der Waals surface area contributed by atoms with Crippen LogP contribution in [0, 0.1) is 48.1 Å². The summed E-state index contributed by atoms with van der Waals surface area (Å²) in [5.41, 5.74) is 1.51. The Kier molecular flexibility index (Phi) is 3.86. The average molecular weight is 284 g/mol. The molecule has 0 N–H and O–H groups in total. The van der Waals surface area contributed by atoms with Crippen LogP contribution in [0.5, 0.6) is 11.5 Å². The van der Waals surface area contributed by atoms with E-state index in [9.17, 15) is 8.78 Å². The summed E-state index contributed by atoms with van der Waals surface area (Å²) in [5, 5.41) is 17.5. The molecule has 21 heavy (non-hydrogen) atoms. The lowest BCUT2D eigenvalue weighted by Crippen LogP contribution is -1.98. The van der Waals surface area contributed by atoms with Crippen molar-refractivity contribution in [3.8, 4) is 23.6 Å². The predicted octanol–water partition coefficient (Wildman–Crippen LogP) is 4.12. The van der Waals surface area contributed by atoms with Gasteiger partial charge in [-0.25, -0.2) is 8.78 Å². The molecule has 0 radical (unpaired) electrons. The number of benzene rings is 2. The Morgan fingerprint density at radius 3 is 1.67 bits per heavy atom. The number of halogens is 2. The highest BCUT2D eigenvalue weighted by Gasteiger charge is 2.16. The van der Waals surface area contributed by atoms with Crippen molar-refractivity contribution < 1.29 is 13.5 Å². The first-order valence-corrected chi connectivity index (χ1v) is 6.04. The molecule has 0 aliphatic rings. The fraction of sp³-hybridized carbons (Fsp3) is 0.125. The molecule has 2 aromatic rings. The zero-order valence-corrected chi connectivity index (χ0v) is 11.4. The molecule has 0 aromatic heterocycles. The fourth-order valence-electron chi connectivity index (χ4n) is 2.00. The molecule has 3 nitrogen and oxygen atoms in total. The van der Waals surface area contributed by atoms with Crippen LogP contribution in [0.1, 0.15) is 22.3 Å². The van der Waals surface area contributed by atoms with Crippen LogP contribution in [0.3, 0.4) is 0 Å². The molecule has 0 spiro atoms. The zero-order valence-electron chi connectivity index (χ0n) is 11.4. The second-order valence-electron chi connectivity index (χ2n) is 4.53. The van der Waals surface area contributed by atoms with E-state index in [-0.39, 0.29) is 11.3 Å². The molecule has 0 aliphatic carbocycles. The number of nitriles is 2. The molecule has 0 saturated carbocycles. The van der Waals surface area contributed by atoms with Crippen molar-refractivity contribution in [2.75, 3.05) is 0 Å². The van der Waals surface area contributed by atoms with E-state index in [1.807, 2.05) is 6.07 Å². The molecule has 0 fully saturated rings. The maximum atomic E-state index is 13.8. The van der Waals surface area contributed by atoms with Crippen molar-refractivity contribution >= 4 is 0 Å². The molecule has 0 unspecified atom stereocenters. The van der Waals surface area contributed by atoms with Gasteiger partial charge in [-0.15, -0.1) is 0 Å². The molecule has 5 heteroatoms. The topological polar surface area (TPSA) is 56.8 Å². The smallest absolute Gasteiger partial charge is 0.198 e. The standard InChI is InChI=1S/C16H10F2N2O/c1-9-3-11(7-19)4-10(2)15(9)21-16-13(17)5-12(8-20)6-14(16)18/h3-6H,1-2H3. The van der Waals surface area contributed by atoms with Crippen molar-refractivity contribution in [3.05, 3.63) is 58.2 Å². The van der Waals surface area contributed by atoms with Gasteiger partial charge < -0.3 is 4.74 Å². The van der Waals surface area contributed by atoms with Crippen LogP contribution in [0.15, 0.2) is 24.3 Å². The Hall–Kier alpha value is -2.92. The summed E-state index contributed by atoms with van der Waals surface area (Å²) in [7, 11) is 0. The molecule has 0 saturated heterocycles. The summed E-state index contributed by atoms with van der Waals surface area (Å²) in [6, 6.07) is 8.63. The summed E-state index contributed by atoms with van der Waals surface area (Å²) in [5.74, 6) is -2.18. The van der Waals surface area contributed by atoms with E-state index in [1.54, 1.807) is 32.0 Å². The maximum absolute atomic E-state index is 13.8. The van der Waals surface area contributed by atoms with Crippen molar-refractivity contribution in [1.29, 1.82) is 10.5 Å². The summed E-state index contributed by atoms with van der Waals surface area (Å²) >= 11 is 0. The van der Waals surface area contributed by atoms with E-state index < -0.39 is 17.4 Å². The molecule has 0 heterocycles. The van der Waals surface area contributed by atoms with Gasteiger partial charge in [0.15, 0.2) is 17.4 Å². The number of nitrogens with zero attached hydrogens (tertiary/aromatic N) is 2. The van der Waals surface area contributed by atoms with Crippen LogP contribution in [0.25, 0.3) is 0 Å². The van der Waals surface area contributed by atoms with E-state index in [0.29, 0.717) is 16.7 Å². The van der Waals surface area contributed by atoms with Crippen LogP contribution in [0.4, 0.5) is 8.78 Å². The molecule has 0 amide bonds. The number of ether oxygens (including phenoxy) is 1. The Labute approximate surface area is 120 Å². The van der Waals surface area contributed by atoms with Crippen LogP contribution in [0.2, 0.25) is 0 Å². The lowest BCUT2D eigenvalue weighted by molar-refractivity contribution is 0.403. The molecule has 104 valence electrons. The average Bonchev–Trinajstić information content (AvgIpc) is 2.44. The van der Waals surface area contributed by atoms with Gasteiger partial charge in [0, 0.05) is 0 Å². The fourth-order valence-corrected chi connectivity index (χ4v) is 2.00. The Bertz CT molecular complexity index is 687. The minimum absolute atomic E-state index is 0.120. The highest BCUT2D eigenvalue weighted by atomic mass is 19.1. The molecular formula is C16H10F2N2O. The van der Waals surface area contributed by atoms with E-state index in [2.05, 4.69) is 0 Å². The molecular weight excluding hydrogens is 274 g/mol. The minimum Gasteiger partial charge on any atom is -0.451 e. The number of hydrogen-bond donors (Lipinski definition) is 0. The van der Waals surface area contributed by atoms with Crippen LogP contribution in [-0.2, 0) is 0 Å². The van der Waals surface area contributed by atoms with Crippen LogP contribution >= 0.6 is 0 Å². The van der Waals surface area contributed by atoms with Gasteiger partial charge in [0.1, 0.15) is 5.75 Å². The summed E-state index contributed by atoms with van der Waals surface area (Å²) in [6.45, 7) is 3.37. The predicted molar refractivity (Wildman–Crippen MR) is 71.8 cm³/mol. The van der Waals surface area contributed by atoms with Crippen LogP contribution < -0.4 is 4.74 Å². The Morgan fingerprint density at radius 2 is 1.24 bits per heavy atom. The number of rotatable bonds is 2. The van der Waals surface area contributed by atoms with Crippen molar-refractivity contribution in [2.45, 2.75) is 13.8 Å². The van der Waals surface area contributed by atoms with Crippen molar-refractivity contribution in [2.24, 2.45) is 0 Å². The quantitative estimate of drug-likeness (QED) is 0.833. The van der Waals surface area contributed by atoms with Crippen molar-refractivity contribution in [3.63, 3.8) is 0 Å². The lowest BCUT2D eigenvalue weighted by Gasteiger charge is -2.13. The molecule has 0 aliphatic heterocycles. The van der Waals surface area contributed by atoms with Gasteiger partial charge >= 0.3 is 0 Å². The third-order valence-corrected chi connectivity index (χ3v) is 2.92. The van der Waals surface area contributed by atoms with Gasteiger partial charge in [-0.2, -0.15) is 10.5 Å². The highest BCUT2D eigenvalue weighted by molar-refractivity contribution is 5.49. The summed E-state index contributed by atoms with van der Waals surface area (Å²) in [6.07, 6.45) is 0. The molecule has 0 atom stereocenters. The first-order chi connectivity index (χ1) is 9.96.